The predicted molar refractivity (Wildman–Crippen MR) is 56.2 cm³/mol. The first-order valence-corrected chi connectivity index (χ1v) is 4.38. The minimum Gasteiger partial charge on any atom is -0.359 e. The van der Waals surface area contributed by atoms with Gasteiger partial charge < -0.3 is 10.6 Å². The molecule has 13 heavy (non-hydrogen) atoms. The van der Waals surface area contributed by atoms with Gasteiger partial charge in [-0.2, -0.15) is 0 Å². The van der Waals surface area contributed by atoms with Gasteiger partial charge in [-0.1, -0.05) is 19.1 Å². The fraction of sp³-hybridized carbons (Fsp3) is 0.300. The Hall–Kier alpha value is -1.51. The summed E-state index contributed by atoms with van der Waals surface area (Å²) in [5.74, 6) is 0.313. The van der Waals surface area contributed by atoms with Crippen molar-refractivity contribution in [1.82, 2.24) is 5.32 Å². The highest BCUT2D eigenvalue weighted by Crippen LogP contribution is 2.10. The van der Waals surface area contributed by atoms with Crippen LogP contribution in [0.2, 0.25) is 0 Å². The number of rotatable bonds is 2. The first-order valence-electron chi connectivity index (χ1n) is 4.38. The first kappa shape index (κ1) is 9.58. The Labute approximate surface area is 78.7 Å². The first-order chi connectivity index (χ1) is 6.26. The molecule has 0 fully saturated rings. The van der Waals surface area contributed by atoms with Crippen LogP contribution in [0.4, 0.5) is 5.69 Å². The third-order valence-corrected chi connectivity index (χ3v) is 1.85. The van der Waals surface area contributed by atoms with Gasteiger partial charge in [0.05, 0.1) is 0 Å². The molecule has 0 aliphatic rings. The van der Waals surface area contributed by atoms with Crippen LogP contribution in [0, 0.1) is 5.41 Å². The van der Waals surface area contributed by atoms with Gasteiger partial charge in [-0.3, -0.25) is 5.41 Å². The fourth-order valence-corrected chi connectivity index (χ4v) is 1.08. The smallest absolute Gasteiger partial charge is 0.192 e. The van der Waals surface area contributed by atoms with Crippen LogP contribution in [0.5, 0.6) is 0 Å². The third kappa shape index (κ3) is 2.78. The molecule has 1 aromatic carbocycles. The van der Waals surface area contributed by atoms with Crippen molar-refractivity contribution in [2.75, 3.05) is 12.4 Å². The molecule has 0 aliphatic carbocycles. The molecule has 3 nitrogen and oxygen atoms in total. The summed E-state index contributed by atoms with van der Waals surface area (Å²) in [7, 11) is 1.72. The number of hydrogen-bond donors (Lipinski definition) is 3. The van der Waals surface area contributed by atoms with E-state index in [1.54, 1.807) is 7.05 Å². The summed E-state index contributed by atoms with van der Waals surface area (Å²) >= 11 is 0. The van der Waals surface area contributed by atoms with Crippen molar-refractivity contribution >= 4 is 11.6 Å². The summed E-state index contributed by atoms with van der Waals surface area (Å²) in [5.41, 5.74) is 2.23. The molecule has 3 heteroatoms. The van der Waals surface area contributed by atoms with Crippen molar-refractivity contribution < 1.29 is 0 Å². The van der Waals surface area contributed by atoms with Crippen molar-refractivity contribution in [3.8, 4) is 0 Å². The van der Waals surface area contributed by atoms with E-state index in [9.17, 15) is 0 Å². The largest absolute Gasteiger partial charge is 0.359 e. The summed E-state index contributed by atoms with van der Waals surface area (Å²) in [6.07, 6.45) is 1.02. The highest BCUT2D eigenvalue weighted by molar-refractivity contribution is 5.90. The Morgan fingerprint density at radius 2 is 2.23 bits per heavy atom. The minimum absolute atomic E-state index is 0.313. The molecule has 0 amide bonds. The van der Waals surface area contributed by atoms with Crippen molar-refractivity contribution in [2.24, 2.45) is 0 Å². The molecule has 3 N–H and O–H groups in total. The van der Waals surface area contributed by atoms with Gasteiger partial charge in [0.15, 0.2) is 5.96 Å². The maximum absolute atomic E-state index is 7.38. The average molecular weight is 177 g/mol. The molecule has 0 saturated heterocycles. The standard InChI is InChI=1S/C10H15N3/c1-3-8-5-4-6-9(7-8)13-10(11)12-2/h4-7H,3H2,1-2H3,(H3,11,12,13). The van der Waals surface area contributed by atoms with Gasteiger partial charge >= 0.3 is 0 Å². The number of hydrogen-bond acceptors (Lipinski definition) is 1. The lowest BCUT2D eigenvalue weighted by molar-refractivity contribution is 1.12. The van der Waals surface area contributed by atoms with Gasteiger partial charge in [0.1, 0.15) is 0 Å². The predicted octanol–water partition coefficient (Wildman–Crippen LogP) is 1.82. The van der Waals surface area contributed by atoms with Crippen LogP contribution >= 0.6 is 0 Å². The lowest BCUT2D eigenvalue weighted by Crippen LogP contribution is -2.25. The molecule has 1 rings (SSSR count). The summed E-state index contributed by atoms with van der Waals surface area (Å²) in [6, 6.07) is 8.06. The Kier molecular flexibility index (Phi) is 3.31. The molecule has 0 heterocycles. The van der Waals surface area contributed by atoms with E-state index < -0.39 is 0 Å². The van der Waals surface area contributed by atoms with Gasteiger partial charge in [0.25, 0.3) is 0 Å². The van der Waals surface area contributed by atoms with Crippen molar-refractivity contribution in [1.29, 1.82) is 5.41 Å². The molecular formula is C10H15N3. The van der Waals surface area contributed by atoms with Crippen LogP contribution in [0.25, 0.3) is 0 Å². The molecule has 0 atom stereocenters. The molecule has 0 unspecified atom stereocenters. The molecule has 0 aliphatic heterocycles. The van der Waals surface area contributed by atoms with Gasteiger partial charge in [-0.25, -0.2) is 0 Å². The fourth-order valence-electron chi connectivity index (χ4n) is 1.08. The van der Waals surface area contributed by atoms with E-state index in [1.807, 2.05) is 18.2 Å². The molecule has 0 bridgehead atoms. The van der Waals surface area contributed by atoms with E-state index in [2.05, 4.69) is 23.6 Å². The maximum Gasteiger partial charge on any atom is 0.192 e. The Balaban J connectivity index is 2.71. The van der Waals surface area contributed by atoms with Crippen LogP contribution in [0.15, 0.2) is 24.3 Å². The number of guanidine groups is 1. The second-order valence-electron chi connectivity index (χ2n) is 2.80. The molecule has 1 aromatic rings. The number of anilines is 1. The van der Waals surface area contributed by atoms with Crippen molar-refractivity contribution in [2.45, 2.75) is 13.3 Å². The number of aryl methyl sites for hydroxylation is 1. The number of benzene rings is 1. The molecule has 70 valence electrons. The quantitative estimate of drug-likeness (QED) is 0.476. The summed E-state index contributed by atoms with van der Waals surface area (Å²) < 4.78 is 0. The van der Waals surface area contributed by atoms with E-state index in [0.717, 1.165) is 12.1 Å². The number of nitrogens with one attached hydrogen (secondary N) is 3. The topological polar surface area (TPSA) is 47.9 Å². The lowest BCUT2D eigenvalue weighted by Gasteiger charge is -2.07. The second-order valence-corrected chi connectivity index (χ2v) is 2.80. The van der Waals surface area contributed by atoms with E-state index in [0.29, 0.717) is 5.96 Å². The van der Waals surface area contributed by atoms with Gasteiger partial charge in [-0.15, -0.1) is 0 Å². The van der Waals surface area contributed by atoms with Crippen LogP contribution in [0.1, 0.15) is 12.5 Å². The molecule has 0 aromatic heterocycles. The minimum atomic E-state index is 0.313. The second kappa shape index (κ2) is 4.50. The van der Waals surface area contributed by atoms with Crippen LogP contribution in [0.3, 0.4) is 0 Å². The zero-order valence-electron chi connectivity index (χ0n) is 8.02. The third-order valence-electron chi connectivity index (χ3n) is 1.85. The maximum atomic E-state index is 7.38. The molecule has 0 radical (unpaired) electrons. The Bertz CT molecular complexity index is 294. The van der Waals surface area contributed by atoms with Gasteiger partial charge in [-0.05, 0) is 24.1 Å². The monoisotopic (exact) mass is 177 g/mol. The molecule has 0 spiro atoms. The average Bonchev–Trinajstić information content (AvgIpc) is 2.18. The summed E-state index contributed by atoms with van der Waals surface area (Å²) in [4.78, 5) is 0. The lowest BCUT2D eigenvalue weighted by atomic mass is 10.1. The Morgan fingerprint density at radius 1 is 1.46 bits per heavy atom. The van der Waals surface area contributed by atoms with Crippen LogP contribution in [-0.2, 0) is 6.42 Å². The van der Waals surface area contributed by atoms with Crippen molar-refractivity contribution in [3.63, 3.8) is 0 Å². The van der Waals surface area contributed by atoms with Crippen LogP contribution < -0.4 is 10.6 Å². The zero-order chi connectivity index (χ0) is 9.68. The van der Waals surface area contributed by atoms with Crippen LogP contribution in [-0.4, -0.2) is 13.0 Å². The normalized spacial score (nSPS) is 9.38. The molecule has 0 saturated carbocycles. The van der Waals surface area contributed by atoms with E-state index in [4.69, 9.17) is 5.41 Å². The highest BCUT2D eigenvalue weighted by Gasteiger charge is 1.95. The highest BCUT2D eigenvalue weighted by atomic mass is 15.1. The summed E-state index contributed by atoms with van der Waals surface area (Å²) in [6.45, 7) is 2.11. The molecular weight excluding hydrogens is 162 g/mol. The van der Waals surface area contributed by atoms with Crippen molar-refractivity contribution in [3.05, 3.63) is 29.8 Å². The van der Waals surface area contributed by atoms with Gasteiger partial charge in [0, 0.05) is 12.7 Å². The van der Waals surface area contributed by atoms with Gasteiger partial charge in [0.2, 0.25) is 0 Å². The van der Waals surface area contributed by atoms with E-state index in [-0.39, 0.29) is 0 Å². The Morgan fingerprint density at radius 3 is 2.85 bits per heavy atom. The van der Waals surface area contributed by atoms with E-state index in [1.165, 1.54) is 5.56 Å². The van der Waals surface area contributed by atoms with E-state index >= 15 is 0 Å². The zero-order valence-corrected chi connectivity index (χ0v) is 8.02. The summed E-state index contributed by atoms with van der Waals surface area (Å²) in [5, 5.41) is 13.0. The SMILES string of the molecule is CCc1cccc(NC(=N)NC)c1.